The quantitative estimate of drug-likeness (QED) is 0.0791. The monoisotopic (exact) mass is 577 g/mol. The highest BCUT2D eigenvalue weighted by Crippen LogP contribution is 2.39. The number of hydrogen-bond acceptors (Lipinski definition) is 0. The van der Waals surface area contributed by atoms with Crippen LogP contribution in [0.5, 0.6) is 0 Å². The van der Waals surface area contributed by atoms with E-state index >= 15 is 0 Å². The first-order chi connectivity index (χ1) is 18.6. The van der Waals surface area contributed by atoms with Crippen molar-refractivity contribution in [3.8, 4) is 0 Å². The van der Waals surface area contributed by atoms with Gasteiger partial charge < -0.3 is 0 Å². The Kier molecular flexibility index (Phi) is 22.4. The van der Waals surface area contributed by atoms with Gasteiger partial charge in [-0.1, -0.05) is 213 Å². The second kappa shape index (κ2) is 22.1. The average molecular weight is 577 g/mol. The number of unbranched alkanes of at least 4 members (excludes halogenated alkanes) is 9. The van der Waals surface area contributed by atoms with Gasteiger partial charge in [-0.3, -0.25) is 0 Å². The SMILES string of the molecule is CCCCCCC([CH2][Al]([CH2]C(CCCCCC)CC(C)(C)C)[CH2]C(CCCCCC)CC(C)(C)C)CC(C)(C)C. The maximum atomic E-state index is 2.51. The standard InChI is InChI=1S/3C13H27.Al/c3*1-6-7-8-9-10-12(2)11-13(3,4)5;/h3*12H,2,6-11H2,1,3-5H3;. The molecule has 0 saturated carbocycles. The van der Waals surface area contributed by atoms with Gasteiger partial charge >= 0.3 is 0 Å². The van der Waals surface area contributed by atoms with Gasteiger partial charge in [-0.15, -0.1) is 0 Å². The molecule has 0 spiro atoms. The highest BCUT2D eigenvalue weighted by Gasteiger charge is 2.32. The maximum absolute atomic E-state index is 2.51. The summed E-state index contributed by atoms with van der Waals surface area (Å²) in [5.74, 6) is 2.91. The van der Waals surface area contributed by atoms with E-state index in [9.17, 15) is 0 Å². The molecule has 0 rings (SSSR count). The van der Waals surface area contributed by atoms with Crippen LogP contribution in [0.3, 0.4) is 0 Å². The van der Waals surface area contributed by atoms with E-state index in [0.717, 1.165) is 17.8 Å². The zero-order valence-electron chi connectivity index (χ0n) is 30.7. The second-order valence-electron chi connectivity index (χ2n) is 18.0. The van der Waals surface area contributed by atoms with Crippen LogP contribution in [0.15, 0.2) is 0 Å². The highest BCUT2D eigenvalue weighted by molar-refractivity contribution is 6.59. The van der Waals surface area contributed by atoms with Crippen LogP contribution in [0.2, 0.25) is 15.8 Å². The lowest BCUT2D eigenvalue weighted by Gasteiger charge is -2.34. The largest absolute Gasteiger partial charge is 0.262 e. The van der Waals surface area contributed by atoms with Gasteiger partial charge in [-0.2, -0.15) is 0 Å². The summed E-state index contributed by atoms with van der Waals surface area (Å²) in [5, 5.41) is 4.90. The molecule has 0 fully saturated rings. The van der Waals surface area contributed by atoms with Gasteiger partial charge in [0.1, 0.15) is 0 Å². The minimum atomic E-state index is -0.852. The Balaban J connectivity index is 5.94. The van der Waals surface area contributed by atoms with Crippen molar-refractivity contribution in [1.82, 2.24) is 0 Å². The molecule has 0 heterocycles. The molecule has 0 amide bonds. The zero-order valence-corrected chi connectivity index (χ0v) is 31.8. The van der Waals surface area contributed by atoms with Gasteiger partial charge in [0, 0.05) is 0 Å². The van der Waals surface area contributed by atoms with E-state index in [4.69, 9.17) is 0 Å². The van der Waals surface area contributed by atoms with E-state index < -0.39 is 14.1 Å². The summed E-state index contributed by atoms with van der Waals surface area (Å²) in [7, 11) is 0. The third-order valence-corrected chi connectivity index (χ3v) is 13.1. The molecule has 0 aromatic rings. The molecule has 0 aliphatic heterocycles. The maximum Gasteiger partial charge on any atom is 0.262 e. The van der Waals surface area contributed by atoms with Crippen molar-refractivity contribution in [2.24, 2.45) is 34.0 Å². The molecule has 0 nitrogen and oxygen atoms in total. The first-order valence-corrected chi connectivity index (χ1v) is 21.0. The first kappa shape index (κ1) is 40.5. The molecule has 0 aliphatic rings. The van der Waals surface area contributed by atoms with Crippen LogP contribution in [0.1, 0.15) is 199 Å². The topological polar surface area (TPSA) is 0 Å². The van der Waals surface area contributed by atoms with Crippen LogP contribution in [0, 0.1) is 34.0 Å². The van der Waals surface area contributed by atoms with Gasteiger partial charge in [0.05, 0.1) is 0 Å². The minimum Gasteiger partial charge on any atom is -0.0910 e. The Hall–Kier alpha value is 0.532. The van der Waals surface area contributed by atoms with Crippen molar-refractivity contribution in [3.63, 3.8) is 0 Å². The van der Waals surface area contributed by atoms with E-state index in [2.05, 4.69) is 83.1 Å². The molecule has 240 valence electrons. The summed E-state index contributed by atoms with van der Waals surface area (Å²) in [6, 6.07) is 0. The predicted molar refractivity (Wildman–Crippen MR) is 189 cm³/mol. The predicted octanol–water partition coefficient (Wildman–Crippen LogP) is 14.5. The Morgan fingerprint density at radius 1 is 0.375 bits per heavy atom. The molecule has 0 aromatic carbocycles. The lowest BCUT2D eigenvalue weighted by molar-refractivity contribution is 0.277. The second-order valence-corrected chi connectivity index (χ2v) is 21.2. The van der Waals surface area contributed by atoms with Crippen LogP contribution in [0.4, 0.5) is 0 Å². The molecule has 0 aliphatic carbocycles. The van der Waals surface area contributed by atoms with Crippen molar-refractivity contribution in [1.29, 1.82) is 0 Å². The Morgan fingerprint density at radius 3 is 0.825 bits per heavy atom. The van der Waals surface area contributed by atoms with E-state index in [1.807, 2.05) is 0 Å². The van der Waals surface area contributed by atoms with Crippen LogP contribution < -0.4 is 0 Å². The molecular weight excluding hydrogens is 495 g/mol. The van der Waals surface area contributed by atoms with Crippen LogP contribution in [0.25, 0.3) is 0 Å². The molecule has 3 atom stereocenters. The summed E-state index contributed by atoms with van der Waals surface area (Å²) in [4.78, 5) is 0. The van der Waals surface area contributed by atoms with E-state index in [-0.39, 0.29) is 0 Å². The van der Waals surface area contributed by atoms with Gasteiger partial charge in [-0.25, -0.2) is 0 Å². The Morgan fingerprint density at radius 2 is 0.625 bits per heavy atom. The fourth-order valence-electron chi connectivity index (χ4n) is 7.79. The summed E-state index contributed by atoms with van der Waals surface area (Å²) in [6.45, 7) is 29.7. The molecule has 0 N–H and O–H groups in total. The number of rotatable bonds is 24. The lowest BCUT2D eigenvalue weighted by Crippen LogP contribution is -2.28. The van der Waals surface area contributed by atoms with Crippen molar-refractivity contribution in [2.45, 2.75) is 215 Å². The van der Waals surface area contributed by atoms with Crippen LogP contribution in [-0.2, 0) is 0 Å². The smallest absolute Gasteiger partial charge is 0.0910 e. The first-order valence-electron chi connectivity index (χ1n) is 18.6. The fourth-order valence-corrected chi connectivity index (χ4v) is 12.4. The minimum absolute atomic E-state index is 0.463. The van der Waals surface area contributed by atoms with Crippen molar-refractivity contribution in [3.05, 3.63) is 0 Å². The molecule has 0 radical (unpaired) electrons. The van der Waals surface area contributed by atoms with E-state index in [1.54, 1.807) is 15.8 Å². The van der Waals surface area contributed by atoms with Crippen molar-refractivity contribution >= 4 is 14.1 Å². The highest BCUT2D eigenvalue weighted by atomic mass is 27.2. The lowest BCUT2D eigenvalue weighted by atomic mass is 9.83. The normalized spacial score (nSPS) is 15.3. The van der Waals surface area contributed by atoms with Gasteiger partial charge in [0.2, 0.25) is 0 Å². The molecule has 1 heteroatoms. The molecule has 0 bridgehead atoms. The molecular formula is C39H81Al. The van der Waals surface area contributed by atoms with Gasteiger partial charge in [-0.05, 0) is 35.5 Å². The Bertz CT molecular complexity index is 476. The van der Waals surface area contributed by atoms with E-state index in [0.29, 0.717) is 16.2 Å². The van der Waals surface area contributed by atoms with E-state index in [1.165, 1.54) is 116 Å². The third-order valence-electron chi connectivity index (χ3n) is 9.10. The molecule has 40 heavy (non-hydrogen) atoms. The summed E-state index contributed by atoms with van der Waals surface area (Å²) in [5.41, 5.74) is 1.39. The summed E-state index contributed by atoms with van der Waals surface area (Å²) < 4.78 is 0. The Labute approximate surface area is 261 Å². The van der Waals surface area contributed by atoms with Crippen LogP contribution in [-0.4, -0.2) is 14.1 Å². The van der Waals surface area contributed by atoms with Crippen LogP contribution >= 0.6 is 0 Å². The zero-order chi connectivity index (χ0) is 30.7. The number of hydrogen-bond donors (Lipinski definition) is 0. The van der Waals surface area contributed by atoms with Crippen molar-refractivity contribution in [2.75, 3.05) is 0 Å². The summed E-state index contributed by atoms with van der Waals surface area (Å²) in [6.07, 6.45) is 26.0. The average Bonchev–Trinajstić information content (AvgIpc) is 2.79. The molecule has 0 saturated heterocycles. The van der Waals surface area contributed by atoms with Gasteiger partial charge in [0.15, 0.2) is 0 Å². The fraction of sp³-hybridized carbons (Fsp3) is 1.00. The summed E-state index contributed by atoms with van der Waals surface area (Å²) >= 11 is -0.852. The molecule has 3 unspecified atom stereocenters. The third kappa shape index (κ3) is 26.2. The van der Waals surface area contributed by atoms with Gasteiger partial charge in [0.25, 0.3) is 14.1 Å². The van der Waals surface area contributed by atoms with Crippen molar-refractivity contribution < 1.29 is 0 Å². The molecule has 0 aromatic heterocycles.